The highest BCUT2D eigenvalue weighted by atomic mass is 35.5. The van der Waals surface area contributed by atoms with E-state index < -0.39 is 0 Å². The van der Waals surface area contributed by atoms with Gasteiger partial charge in [-0.2, -0.15) is 5.10 Å². The average Bonchev–Trinajstić information content (AvgIpc) is 3.21. The van der Waals surface area contributed by atoms with E-state index in [9.17, 15) is 10.2 Å². The second kappa shape index (κ2) is 10.3. The molecule has 0 unspecified atom stereocenters. The molecular weight excluding hydrogens is 428 g/mol. The molecule has 2 aromatic carbocycles. The lowest BCUT2D eigenvalue weighted by Gasteiger charge is -2.36. The molecule has 2 heterocycles. The Morgan fingerprint density at radius 1 is 1.03 bits per heavy atom. The molecule has 4 rings (SSSR count). The van der Waals surface area contributed by atoms with Crippen LogP contribution in [0.25, 0.3) is 11.3 Å². The van der Waals surface area contributed by atoms with Gasteiger partial charge < -0.3 is 19.8 Å². The number of methoxy groups -OCH3 is 1. The van der Waals surface area contributed by atoms with Crippen molar-refractivity contribution < 1.29 is 14.9 Å². The Balaban J connectivity index is 1.41. The Bertz CT molecular complexity index is 1030. The van der Waals surface area contributed by atoms with Crippen LogP contribution < -0.4 is 9.64 Å². The van der Waals surface area contributed by atoms with E-state index in [2.05, 4.69) is 14.9 Å². The third-order valence-electron chi connectivity index (χ3n) is 5.92. The van der Waals surface area contributed by atoms with Crippen molar-refractivity contribution in [1.82, 2.24) is 14.7 Å². The molecule has 170 valence electrons. The van der Waals surface area contributed by atoms with Crippen LogP contribution in [-0.4, -0.2) is 71.3 Å². The van der Waals surface area contributed by atoms with Gasteiger partial charge in [0.2, 0.25) is 0 Å². The Kier molecular flexibility index (Phi) is 7.19. The zero-order valence-corrected chi connectivity index (χ0v) is 19.0. The summed E-state index contributed by atoms with van der Waals surface area (Å²) in [5, 5.41) is 24.3. The van der Waals surface area contributed by atoms with Gasteiger partial charge in [-0.3, -0.25) is 9.58 Å². The number of benzene rings is 2. The Labute approximate surface area is 193 Å². The molecule has 0 saturated carbocycles. The average molecular weight is 457 g/mol. The summed E-state index contributed by atoms with van der Waals surface area (Å²) in [5.74, 6) is 1.08. The van der Waals surface area contributed by atoms with Crippen LogP contribution in [0.3, 0.4) is 0 Å². The molecule has 7 nitrogen and oxygen atoms in total. The largest absolute Gasteiger partial charge is 0.508 e. The maximum absolute atomic E-state index is 9.63. The smallest absolute Gasteiger partial charge is 0.142 e. The van der Waals surface area contributed by atoms with Crippen LogP contribution in [0.5, 0.6) is 11.5 Å². The molecule has 0 amide bonds. The first-order valence-electron chi connectivity index (χ1n) is 10.8. The number of anilines is 1. The third-order valence-corrected chi connectivity index (χ3v) is 6.15. The summed E-state index contributed by atoms with van der Waals surface area (Å²) in [6.07, 6.45) is 2.76. The summed E-state index contributed by atoms with van der Waals surface area (Å²) < 4.78 is 7.35. The van der Waals surface area contributed by atoms with Gasteiger partial charge in [0.25, 0.3) is 0 Å². The van der Waals surface area contributed by atoms with Gasteiger partial charge in [0, 0.05) is 43.3 Å². The number of halogens is 1. The SMILES string of the molecule is COc1ccc(Cl)cc1N1CCN(CCc2cnn(CCO)c2-c2ccc(O)cc2)CC1. The lowest BCUT2D eigenvalue weighted by atomic mass is 10.0. The normalized spacial score (nSPS) is 14.7. The van der Waals surface area contributed by atoms with Crippen LogP contribution >= 0.6 is 11.6 Å². The molecule has 1 aliphatic heterocycles. The van der Waals surface area contributed by atoms with Crippen molar-refractivity contribution >= 4 is 17.3 Å². The fraction of sp³-hybridized carbons (Fsp3) is 0.375. The van der Waals surface area contributed by atoms with E-state index in [-0.39, 0.29) is 12.4 Å². The number of aliphatic hydroxyl groups is 1. The van der Waals surface area contributed by atoms with Crippen molar-refractivity contribution in [1.29, 1.82) is 0 Å². The van der Waals surface area contributed by atoms with Gasteiger partial charge in [0.1, 0.15) is 11.5 Å². The highest BCUT2D eigenvalue weighted by Gasteiger charge is 2.21. The maximum Gasteiger partial charge on any atom is 0.142 e. The molecule has 0 bridgehead atoms. The zero-order valence-electron chi connectivity index (χ0n) is 18.2. The molecule has 8 heteroatoms. The molecule has 1 fully saturated rings. The first kappa shape index (κ1) is 22.5. The van der Waals surface area contributed by atoms with Crippen LogP contribution in [-0.2, 0) is 13.0 Å². The fourth-order valence-electron chi connectivity index (χ4n) is 4.23. The minimum atomic E-state index is 0.0289. The number of piperazine rings is 1. The van der Waals surface area contributed by atoms with Crippen LogP contribution in [0.2, 0.25) is 5.02 Å². The summed E-state index contributed by atoms with van der Waals surface area (Å²) in [7, 11) is 1.69. The number of aliphatic hydroxyl groups excluding tert-OH is 1. The molecule has 2 N–H and O–H groups in total. The quantitative estimate of drug-likeness (QED) is 0.542. The lowest BCUT2D eigenvalue weighted by molar-refractivity contribution is 0.260. The van der Waals surface area contributed by atoms with Crippen molar-refractivity contribution in [3.63, 3.8) is 0 Å². The number of phenols is 1. The van der Waals surface area contributed by atoms with E-state index in [0.29, 0.717) is 11.6 Å². The Morgan fingerprint density at radius 3 is 2.47 bits per heavy atom. The highest BCUT2D eigenvalue weighted by molar-refractivity contribution is 6.30. The first-order valence-corrected chi connectivity index (χ1v) is 11.2. The van der Waals surface area contributed by atoms with E-state index in [0.717, 1.165) is 67.4 Å². The summed E-state index contributed by atoms with van der Waals surface area (Å²) in [4.78, 5) is 4.78. The van der Waals surface area contributed by atoms with Crippen molar-refractivity contribution in [2.75, 3.05) is 51.3 Å². The zero-order chi connectivity index (χ0) is 22.5. The van der Waals surface area contributed by atoms with Gasteiger partial charge >= 0.3 is 0 Å². The maximum atomic E-state index is 9.63. The van der Waals surface area contributed by atoms with E-state index in [1.165, 1.54) is 0 Å². The summed E-state index contributed by atoms with van der Waals surface area (Å²) in [6.45, 7) is 5.12. The number of nitrogens with zero attached hydrogens (tertiary/aromatic N) is 4. The van der Waals surface area contributed by atoms with E-state index in [1.54, 1.807) is 19.2 Å². The minimum Gasteiger partial charge on any atom is -0.508 e. The Hall–Kier alpha value is -2.74. The predicted octanol–water partition coefficient (Wildman–Crippen LogP) is 3.27. The van der Waals surface area contributed by atoms with Crippen molar-refractivity contribution in [2.45, 2.75) is 13.0 Å². The number of ether oxygens (including phenoxy) is 1. The predicted molar refractivity (Wildman–Crippen MR) is 127 cm³/mol. The fourth-order valence-corrected chi connectivity index (χ4v) is 4.39. The summed E-state index contributed by atoms with van der Waals surface area (Å²) in [6, 6.07) is 12.9. The molecular formula is C24H29ClN4O3. The topological polar surface area (TPSA) is 74.0 Å². The van der Waals surface area contributed by atoms with Crippen molar-refractivity contribution in [2.24, 2.45) is 0 Å². The number of phenolic OH excluding ortho intramolecular Hbond substituents is 1. The van der Waals surface area contributed by atoms with E-state index >= 15 is 0 Å². The molecule has 1 aliphatic rings. The van der Waals surface area contributed by atoms with Gasteiger partial charge in [-0.05, 0) is 54.4 Å². The summed E-state index contributed by atoms with van der Waals surface area (Å²) in [5.41, 5.74) is 4.17. The van der Waals surface area contributed by atoms with Gasteiger partial charge in [-0.1, -0.05) is 11.6 Å². The molecule has 1 saturated heterocycles. The van der Waals surface area contributed by atoms with Gasteiger partial charge in [-0.15, -0.1) is 0 Å². The number of aromatic nitrogens is 2. The number of hydrogen-bond donors (Lipinski definition) is 2. The monoisotopic (exact) mass is 456 g/mol. The minimum absolute atomic E-state index is 0.0289. The van der Waals surface area contributed by atoms with E-state index in [1.807, 2.05) is 41.2 Å². The molecule has 0 aliphatic carbocycles. The standard InChI is InChI=1S/C24H29ClN4O3/c1-32-23-7-4-20(25)16-22(23)28-12-10-27(11-13-28)9-8-19-17-26-29(14-15-30)24(19)18-2-5-21(31)6-3-18/h2-7,16-17,30-31H,8-15H2,1H3. The molecule has 0 radical (unpaired) electrons. The lowest BCUT2D eigenvalue weighted by Crippen LogP contribution is -2.47. The summed E-state index contributed by atoms with van der Waals surface area (Å²) >= 11 is 6.21. The van der Waals surface area contributed by atoms with Crippen LogP contribution in [0.4, 0.5) is 5.69 Å². The highest BCUT2D eigenvalue weighted by Crippen LogP contribution is 2.32. The van der Waals surface area contributed by atoms with Crippen LogP contribution in [0.1, 0.15) is 5.56 Å². The van der Waals surface area contributed by atoms with Gasteiger partial charge in [-0.25, -0.2) is 0 Å². The van der Waals surface area contributed by atoms with Crippen LogP contribution in [0, 0.1) is 0 Å². The van der Waals surface area contributed by atoms with Gasteiger partial charge in [0.05, 0.1) is 37.8 Å². The second-order valence-electron chi connectivity index (χ2n) is 7.91. The molecule has 0 spiro atoms. The molecule has 3 aromatic rings. The first-order chi connectivity index (χ1) is 15.6. The molecule has 1 aromatic heterocycles. The van der Waals surface area contributed by atoms with E-state index in [4.69, 9.17) is 16.3 Å². The molecule has 0 atom stereocenters. The third kappa shape index (κ3) is 5.01. The Morgan fingerprint density at radius 2 is 1.78 bits per heavy atom. The number of aromatic hydroxyl groups is 1. The molecule has 32 heavy (non-hydrogen) atoms. The van der Waals surface area contributed by atoms with Gasteiger partial charge in [0.15, 0.2) is 0 Å². The van der Waals surface area contributed by atoms with Crippen molar-refractivity contribution in [3.8, 4) is 22.8 Å². The number of hydrogen-bond acceptors (Lipinski definition) is 6. The van der Waals surface area contributed by atoms with Crippen LogP contribution in [0.15, 0.2) is 48.7 Å². The number of rotatable bonds is 8. The van der Waals surface area contributed by atoms with Crippen molar-refractivity contribution in [3.05, 3.63) is 59.2 Å². The second-order valence-corrected chi connectivity index (χ2v) is 8.34.